The summed E-state index contributed by atoms with van der Waals surface area (Å²) in [5, 5.41) is 3.52. The molecule has 3 heterocycles. The van der Waals surface area contributed by atoms with Gasteiger partial charge in [0.2, 0.25) is 0 Å². The van der Waals surface area contributed by atoms with E-state index in [4.69, 9.17) is 14.1 Å². The van der Waals surface area contributed by atoms with Crippen molar-refractivity contribution in [1.82, 2.24) is 15.3 Å². The molecule has 10 heteroatoms. The largest absolute Gasteiger partial charge is 0.467 e. The number of ether oxygens (including phenoxy) is 1. The number of methoxy groups -OCH3 is 1. The second kappa shape index (κ2) is 12.8. The Kier molecular flexibility index (Phi) is 8.75. The van der Waals surface area contributed by atoms with Gasteiger partial charge in [-0.2, -0.15) is 0 Å². The van der Waals surface area contributed by atoms with Crippen LogP contribution in [0.15, 0.2) is 82.6 Å². The molecule has 1 N–H and O–H groups in total. The SMILES string of the molecule is COCc1cc(N2CCN(c3ccccc3F)CC2)nc(SCc2ccc(C(=O)NCc3ccco3)cc2)n1. The molecule has 1 saturated heterocycles. The quantitative estimate of drug-likeness (QED) is 0.222. The molecule has 0 aliphatic carbocycles. The van der Waals surface area contributed by atoms with Crippen LogP contribution in [0.3, 0.4) is 0 Å². The van der Waals surface area contributed by atoms with Gasteiger partial charge in [-0.25, -0.2) is 14.4 Å². The number of carbonyl (C=O) groups excluding carboxylic acids is 1. The van der Waals surface area contributed by atoms with Crippen molar-refractivity contribution < 1.29 is 18.3 Å². The summed E-state index contributed by atoms with van der Waals surface area (Å²) in [4.78, 5) is 26.2. The summed E-state index contributed by atoms with van der Waals surface area (Å²) in [6, 6.07) is 20.0. The summed E-state index contributed by atoms with van der Waals surface area (Å²) in [5.41, 5.74) is 3.09. The molecule has 0 atom stereocenters. The fourth-order valence-corrected chi connectivity index (χ4v) is 5.20. The van der Waals surface area contributed by atoms with Gasteiger partial charge in [0.1, 0.15) is 17.4 Å². The summed E-state index contributed by atoms with van der Waals surface area (Å²) in [7, 11) is 1.65. The van der Waals surface area contributed by atoms with Gasteiger partial charge in [0, 0.05) is 50.7 Å². The predicted molar refractivity (Wildman–Crippen MR) is 149 cm³/mol. The number of nitrogens with one attached hydrogen (secondary N) is 1. The van der Waals surface area contributed by atoms with Crippen molar-refractivity contribution in [1.29, 1.82) is 0 Å². The lowest BCUT2D eigenvalue weighted by atomic mass is 10.1. The van der Waals surface area contributed by atoms with E-state index >= 15 is 0 Å². The second-order valence-electron chi connectivity index (χ2n) is 9.11. The van der Waals surface area contributed by atoms with Gasteiger partial charge in [0.05, 0.1) is 30.8 Å². The van der Waals surface area contributed by atoms with Crippen molar-refractivity contribution >= 4 is 29.2 Å². The molecular weight excluding hydrogens is 517 g/mol. The van der Waals surface area contributed by atoms with Crippen LogP contribution in [0.1, 0.15) is 27.4 Å². The molecular formula is C29H30FN5O3S. The molecule has 4 aromatic rings. The first-order valence-corrected chi connectivity index (χ1v) is 13.7. The highest BCUT2D eigenvalue weighted by atomic mass is 32.2. The number of benzene rings is 2. The number of aromatic nitrogens is 2. The third kappa shape index (κ3) is 6.96. The maximum absolute atomic E-state index is 14.2. The molecule has 202 valence electrons. The zero-order valence-electron chi connectivity index (χ0n) is 21.7. The zero-order chi connectivity index (χ0) is 27.0. The molecule has 0 unspecified atom stereocenters. The van der Waals surface area contributed by atoms with Crippen LogP contribution in [0.2, 0.25) is 0 Å². The number of anilines is 2. The lowest BCUT2D eigenvalue weighted by Gasteiger charge is -2.37. The fraction of sp³-hybridized carbons (Fsp3) is 0.276. The number of carbonyl (C=O) groups is 1. The number of amides is 1. The van der Waals surface area contributed by atoms with Crippen LogP contribution in [-0.4, -0.2) is 49.2 Å². The van der Waals surface area contributed by atoms with Gasteiger partial charge in [-0.1, -0.05) is 36.0 Å². The molecule has 0 radical (unpaired) electrons. The van der Waals surface area contributed by atoms with Gasteiger partial charge >= 0.3 is 0 Å². The Morgan fingerprint density at radius 3 is 2.51 bits per heavy atom. The van der Waals surface area contributed by atoms with Crippen LogP contribution in [0, 0.1) is 5.82 Å². The number of hydrogen-bond donors (Lipinski definition) is 1. The summed E-state index contributed by atoms with van der Waals surface area (Å²) >= 11 is 1.54. The van der Waals surface area contributed by atoms with Crippen LogP contribution in [0.25, 0.3) is 0 Å². The van der Waals surface area contributed by atoms with E-state index in [1.54, 1.807) is 25.5 Å². The first-order valence-electron chi connectivity index (χ1n) is 12.7. The maximum atomic E-state index is 14.2. The fourth-order valence-electron chi connectivity index (χ4n) is 4.38. The van der Waals surface area contributed by atoms with Crippen LogP contribution < -0.4 is 15.1 Å². The number of piperazine rings is 1. The van der Waals surface area contributed by atoms with Crippen molar-refractivity contribution in [3.8, 4) is 0 Å². The molecule has 8 nitrogen and oxygen atoms in total. The van der Waals surface area contributed by atoms with Gasteiger partial charge in [0.15, 0.2) is 5.16 Å². The van der Waals surface area contributed by atoms with Crippen molar-refractivity contribution in [2.75, 3.05) is 43.1 Å². The number of thioether (sulfide) groups is 1. The average Bonchev–Trinajstić information content (AvgIpc) is 3.49. The van der Waals surface area contributed by atoms with Crippen molar-refractivity contribution in [3.63, 3.8) is 0 Å². The first-order chi connectivity index (χ1) is 19.1. The van der Waals surface area contributed by atoms with Gasteiger partial charge in [-0.3, -0.25) is 4.79 Å². The van der Waals surface area contributed by atoms with E-state index in [0.29, 0.717) is 54.2 Å². The van der Waals surface area contributed by atoms with E-state index in [1.807, 2.05) is 48.5 Å². The molecule has 2 aromatic carbocycles. The highest BCUT2D eigenvalue weighted by molar-refractivity contribution is 7.98. The third-order valence-corrected chi connectivity index (χ3v) is 7.34. The van der Waals surface area contributed by atoms with Crippen molar-refractivity contribution in [2.45, 2.75) is 24.1 Å². The number of rotatable bonds is 10. The van der Waals surface area contributed by atoms with E-state index in [1.165, 1.54) is 17.8 Å². The average molecular weight is 548 g/mol. The predicted octanol–water partition coefficient (Wildman–Crippen LogP) is 4.90. The summed E-state index contributed by atoms with van der Waals surface area (Å²) in [6.45, 7) is 3.60. The number of halogens is 1. The maximum Gasteiger partial charge on any atom is 0.251 e. The number of para-hydroxylation sites is 1. The molecule has 2 aromatic heterocycles. The monoisotopic (exact) mass is 547 g/mol. The van der Waals surface area contributed by atoms with Gasteiger partial charge < -0.3 is 24.3 Å². The van der Waals surface area contributed by atoms with E-state index in [-0.39, 0.29) is 11.7 Å². The van der Waals surface area contributed by atoms with E-state index in [9.17, 15) is 9.18 Å². The van der Waals surface area contributed by atoms with Gasteiger partial charge in [-0.05, 0) is 42.0 Å². The van der Waals surface area contributed by atoms with Crippen molar-refractivity contribution in [3.05, 3.63) is 101 Å². The zero-order valence-corrected chi connectivity index (χ0v) is 22.5. The van der Waals surface area contributed by atoms with Crippen LogP contribution in [0.4, 0.5) is 15.9 Å². The molecule has 39 heavy (non-hydrogen) atoms. The molecule has 5 rings (SSSR count). The molecule has 0 bridgehead atoms. The van der Waals surface area contributed by atoms with E-state index in [2.05, 4.69) is 20.1 Å². The topological polar surface area (TPSA) is 83.7 Å². The second-order valence-corrected chi connectivity index (χ2v) is 10.0. The number of hydrogen-bond acceptors (Lipinski definition) is 8. The molecule has 1 fully saturated rings. The summed E-state index contributed by atoms with van der Waals surface area (Å²) in [6.07, 6.45) is 1.58. The highest BCUT2D eigenvalue weighted by Gasteiger charge is 2.21. The third-order valence-electron chi connectivity index (χ3n) is 6.42. The Balaban J connectivity index is 1.20. The lowest BCUT2D eigenvalue weighted by Crippen LogP contribution is -2.47. The molecule has 1 aliphatic heterocycles. The Hall–Kier alpha value is -3.89. The Bertz CT molecular complexity index is 1380. The lowest BCUT2D eigenvalue weighted by molar-refractivity contribution is 0.0948. The van der Waals surface area contributed by atoms with Crippen molar-refractivity contribution in [2.24, 2.45) is 0 Å². The number of nitrogens with zero attached hydrogens (tertiary/aromatic N) is 4. The standard InChI is InChI=1S/C29H30FN5O3S/c1-37-19-23-17-27(35-14-12-34(13-15-35)26-7-3-2-6-25(26)30)33-29(32-23)39-20-21-8-10-22(11-9-21)28(36)31-18-24-5-4-16-38-24/h2-11,16-17H,12-15,18-20H2,1H3,(H,31,36). The summed E-state index contributed by atoms with van der Waals surface area (Å²) in [5.74, 6) is 1.86. The minimum atomic E-state index is -0.198. The highest BCUT2D eigenvalue weighted by Crippen LogP contribution is 2.26. The van der Waals surface area contributed by atoms with Gasteiger partial charge in [-0.15, -0.1) is 0 Å². The molecule has 1 aliphatic rings. The minimum absolute atomic E-state index is 0.152. The summed E-state index contributed by atoms with van der Waals surface area (Å²) < 4.78 is 24.8. The molecule has 0 spiro atoms. The smallest absolute Gasteiger partial charge is 0.251 e. The van der Waals surface area contributed by atoms with Crippen LogP contribution >= 0.6 is 11.8 Å². The Morgan fingerprint density at radius 1 is 1.03 bits per heavy atom. The molecule has 0 saturated carbocycles. The van der Waals surface area contributed by atoms with Crippen LogP contribution in [0.5, 0.6) is 0 Å². The number of furan rings is 1. The Morgan fingerprint density at radius 2 is 1.79 bits per heavy atom. The van der Waals surface area contributed by atoms with E-state index < -0.39 is 0 Å². The van der Waals surface area contributed by atoms with E-state index in [0.717, 1.165) is 30.2 Å². The Labute approximate surface area is 231 Å². The van der Waals surface area contributed by atoms with Gasteiger partial charge in [0.25, 0.3) is 5.91 Å². The van der Waals surface area contributed by atoms with Crippen LogP contribution in [-0.2, 0) is 23.6 Å². The first kappa shape index (κ1) is 26.7. The normalized spacial score (nSPS) is 13.5. The minimum Gasteiger partial charge on any atom is -0.467 e. The molecule has 1 amide bonds.